The van der Waals surface area contributed by atoms with Gasteiger partial charge in [0, 0.05) is 34.2 Å². The van der Waals surface area contributed by atoms with Gasteiger partial charge >= 0.3 is 0 Å². The van der Waals surface area contributed by atoms with Crippen molar-refractivity contribution in [1.29, 1.82) is 5.26 Å². The number of carbonyl (C=O) groups excluding carboxylic acids is 3. The molecule has 35 heavy (non-hydrogen) atoms. The number of aromatic nitrogens is 3. The van der Waals surface area contributed by atoms with Crippen molar-refractivity contribution in [1.82, 2.24) is 20.5 Å². The van der Waals surface area contributed by atoms with Crippen molar-refractivity contribution < 1.29 is 14.4 Å². The third-order valence-corrected chi connectivity index (χ3v) is 5.96. The predicted molar refractivity (Wildman–Crippen MR) is 129 cm³/mol. The van der Waals surface area contributed by atoms with Gasteiger partial charge in [0.2, 0.25) is 11.8 Å². The number of aromatic amines is 2. The lowest BCUT2D eigenvalue weighted by atomic mass is 9.97. The van der Waals surface area contributed by atoms with Crippen LogP contribution in [0.2, 0.25) is 5.02 Å². The number of H-pyrrole nitrogens is 2. The quantitative estimate of drug-likeness (QED) is 0.342. The van der Waals surface area contributed by atoms with Gasteiger partial charge in [0.1, 0.15) is 29.9 Å². The maximum absolute atomic E-state index is 13.4. The van der Waals surface area contributed by atoms with E-state index in [1.807, 2.05) is 18.2 Å². The van der Waals surface area contributed by atoms with E-state index in [2.05, 4.69) is 25.8 Å². The average molecular weight is 488 g/mol. The topological polar surface area (TPSA) is 147 Å². The molecule has 0 spiro atoms. The Hall–Kier alpha value is -4.62. The highest BCUT2D eigenvalue weighted by atomic mass is 35.5. The minimum Gasteiger partial charge on any atom is -0.351 e. The maximum atomic E-state index is 13.4. The largest absolute Gasteiger partial charge is 0.351 e. The number of fused-ring (bicyclic) bond motifs is 2. The van der Waals surface area contributed by atoms with Crippen molar-refractivity contribution in [3.63, 3.8) is 0 Å². The van der Waals surface area contributed by atoms with E-state index < -0.39 is 23.8 Å². The van der Waals surface area contributed by atoms with Gasteiger partial charge in [0.05, 0.1) is 0 Å². The molecule has 10 nitrogen and oxygen atoms in total. The second kappa shape index (κ2) is 8.96. The molecule has 1 aliphatic heterocycles. The van der Waals surface area contributed by atoms with Gasteiger partial charge in [-0.25, -0.2) is 0 Å². The molecule has 1 aliphatic rings. The summed E-state index contributed by atoms with van der Waals surface area (Å²) in [5, 5.41) is 22.1. The van der Waals surface area contributed by atoms with E-state index in [0.29, 0.717) is 16.4 Å². The highest BCUT2D eigenvalue weighted by Crippen LogP contribution is 2.28. The van der Waals surface area contributed by atoms with Crippen LogP contribution in [0.4, 0.5) is 11.5 Å². The fourth-order valence-electron chi connectivity index (χ4n) is 4.08. The van der Waals surface area contributed by atoms with Gasteiger partial charge in [0.25, 0.3) is 5.91 Å². The molecule has 2 aromatic heterocycles. The minimum absolute atomic E-state index is 0.0824. The Morgan fingerprint density at radius 1 is 1.23 bits per heavy atom. The number of nitrogens with one attached hydrogen (secondary N) is 4. The lowest BCUT2D eigenvalue weighted by Crippen LogP contribution is -2.54. The summed E-state index contributed by atoms with van der Waals surface area (Å²) in [5.74, 6) is -1.32. The van der Waals surface area contributed by atoms with Crippen LogP contribution in [0.3, 0.4) is 0 Å². The second-order valence-electron chi connectivity index (χ2n) is 8.01. The summed E-state index contributed by atoms with van der Waals surface area (Å²) in [5.41, 5.74) is 2.61. The third kappa shape index (κ3) is 4.32. The van der Waals surface area contributed by atoms with E-state index in [0.717, 1.165) is 16.5 Å². The number of para-hydroxylation sites is 1. The molecule has 0 radical (unpaired) electrons. The summed E-state index contributed by atoms with van der Waals surface area (Å²) in [4.78, 5) is 43.4. The van der Waals surface area contributed by atoms with Gasteiger partial charge in [0.15, 0.2) is 5.82 Å². The zero-order valence-electron chi connectivity index (χ0n) is 18.1. The molecule has 4 aromatic rings. The van der Waals surface area contributed by atoms with Crippen LogP contribution in [0.1, 0.15) is 21.6 Å². The lowest BCUT2D eigenvalue weighted by Gasteiger charge is -2.34. The smallest absolute Gasteiger partial charge is 0.268 e. The highest BCUT2D eigenvalue weighted by molar-refractivity contribution is 6.31. The van der Waals surface area contributed by atoms with Crippen molar-refractivity contribution in [3.05, 3.63) is 76.6 Å². The fraction of sp³-hybridized carbons (Fsp3) is 0.125. The summed E-state index contributed by atoms with van der Waals surface area (Å²) in [7, 11) is 0. The fourth-order valence-corrected chi connectivity index (χ4v) is 4.26. The highest BCUT2D eigenvalue weighted by Gasteiger charge is 2.35. The zero-order valence-corrected chi connectivity index (χ0v) is 18.9. The molecule has 3 amide bonds. The zero-order chi connectivity index (χ0) is 24.5. The van der Waals surface area contributed by atoms with E-state index in [9.17, 15) is 14.4 Å². The maximum Gasteiger partial charge on any atom is 0.268 e. The minimum atomic E-state index is -0.875. The molecular weight excluding hydrogens is 470 g/mol. The molecule has 1 unspecified atom stereocenters. The Morgan fingerprint density at radius 2 is 2.06 bits per heavy atom. The summed E-state index contributed by atoms with van der Waals surface area (Å²) in [6.07, 6.45) is 1.64. The number of rotatable bonds is 5. The Labute approximate surface area is 203 Å². The number of benzene rings is 2. The van der Waals surface area contributed by atoms with E-state index in [1.54, 1.807) is 36.4 Å². The Balaban J connectivity index is 1.36. The standard InChI is InChI=1S/C24H18ClN7O3/c25-16-5-6-17-14(7-16)9-18(28-17)23(34)29-19-8-13-3-1-2-4-20(13)32(24(19)35)12-21(33)30-22-15(10-26)11-27-31-22/h1-7,9,11,19,28H,8,12H2,(H,29,34)(H2,27,30,31,33). The molecular formula is C24H18ClN7O3. The van der Waals surface area contributed by atoms with Crippen molar-refractivity contribution in [2.24, 2.45) is 0 Å². The first-order chi connectivity index (χ1) is 16.9. The number of nitriles is 1. The number of hydrogen-bond donors (Lipinski definition) is 4. The molecule has 4 N–H and O–H groups in total. The van der Waals surface area contributed by atoms with Gasteiger partial charge < -0.3 is 20.5 Å². The number of halogens is 1. The third-order valence-electron chi connectivity index (χ3n) is 5.72. The van der Waals surface area contributed by atoms with Crippen LogP contribution in [0.15, 0.2) is 54.7 Å². The van der Waals surface area contributed by atoms with Crippen LogP contribution >= 0.6 is 11.6 Å². The van der Waals surface area contributed by atoms with Crippen LogP contribution in [0, 0.1) is 11.3 Å². The first kappa shape index (κ1) is 22.2. The molecule has 0 bridgehead atoms. The number of nitrogens with zero attached hydrogens (tertiary/aromatic N) is 3. The molecule has 2 aromatic carbocycles. The number of carbonyl (C=O) groups is 3. The van der Waals surface area contributed by atoms with Crippen LogP contribution < -0.4 is 15.5 Å². The summed E-state index contributed by atoms with van der Waals surface area (Å²) in [6, 6.07) is 15.1. The van der Waals surface area contributed by atoms with Gasteiger partial charge in [-0.3, -0.25) is 19.5 Å². The normalized spacial score (nSPS) is 14.9. The molecule has 11 heteroatoms. The molecule has 5 rings (SSSR count). The molecule has 0 saturated carbocycles. The van der Waals surface area contributed by atoms with Gasteiger partial charge in [-0.1, -0.05) is 29.8 Å². The van der Waals surface area contributed by atoms with E-state index in [1.165, 1.54) is 11.1 Å². The summed E-state index contributed by atoms with van der Waals surface area (Å²) < 4.78 is 0. The molecule has 3 heterocycles. The molecule has 174 valence electrons. The number of hydrogen-bond acceptors (Lipinski definition) is 5. The molecule has 0 aliphatic carbocycles. The van der Waals surface area contributed by atoms with Crippen molar-refractivity contribution in [3.8, 4) is 6.07 Å². The van der Waals surface area contributed by atoms with Crippen LogP contribution in [-0.4, -0.2) is 45.5 Å². The predicted octanol–water partition coefficient (Wildman–Crippen LogP) is 2.74. The summed E-state index contributed by atoms with van der Waals surface area (Å²) in [6.45, 7) is -0.315. The van der Waals surface area contributed by atoms with Crippen molar-refractivity contribution >= 4 is 51.7 Å². The SMILES string of the molecule is N#Cc1c[nH]nc1NC(=O)CN1C(=O)C(NC(=O)c2cc3cc(Cl)ccc3[nH]2)Cc2ccccc21. The average Bonchev–Trinajstić information content (AvgIpc) is 3.47. The van der Waals surface area contributed by atoms with Gasteiger partial charge in [-0.2, -0.15) is 10.4 Å². The second-order valence-corrected chi connectivity index (χ2v) is 8.44. The molecule has 1 atom stereocenters. The van der Waals surface area contributed by atoms with E-state index in [-0.39, 0.29) is 24.3 Å². The van der Waals surface area contributed by atoms with Crippen LogP contribution in [-0.2, 0) is 16.0 Å². The van der Waals surface area contributed by atoms with E-state index in [4.69, 9.17) is 16.9 Å². The Bertz CT molecular complexity index is 1520. The van der Waals surface area contributed by atoms with Crippen molar-refractivity contribution in [2.75, 3.05) is 16.8 Å². The molecule has 0 saturated heterocycles. The monoisotopic (exact) mass is 487 g/mol. The van der Waals surface area contributed by atoms with Gasteiger partial charge in [-0.15, -0.1) is 0 Å². The Morgan fingerprint density at radius 3 is 2.89 bits per heavy atom. The van der Waals surface area contributed by atoms with Crippen molar-refractivity contribution in [2.45, 2.75) is 12.5 Å². The first-order valence-corrected chi connectivity index (χ1v) is 11.0. The lowest BCUT2D eigenvalue weighted by molar-refractivity contribution is -0.123. The van der Waals surface area contributed by atoms with Crippen LogP contribution in [0.25, 0.3) is 10.9 Å². The Kier molecular flexibility index (Phi) is 5.68. The van der Waals surface area contributed by atoms with Crippen LogP contribution in [0.5, 0.6) is 0 Å². The molecule has 0 fully saturated rings. The number of anilines is 2. The number of amides is 3. The van der Waals surface area contributed by atoms with Gasteiger partial charge in [-0.05, 0) is 35.9 Å². The summed E-state index contributed by atoms with van der Waals surface area (Å²) >= 11 is 6.03. The first-order valence-electron chi connectivity index (χ1n) is 10.6. The van der Waals surface area contributed by atoms with E-state index >= 15 is 0 Å².